The maximum atomic E-state index is 12.0. The lowest BCUT2D eigenvalue weighted by atomic mass is 10.4. The molecule has 0 spiro atoms. The van der Waals surface area contributed by atoms with E-state index in [9.17, 15) is 4.79 Å². The van der Waals surface area contributed by atoms with Crippen molar-refractivity contribution in [2.45, 2.75) is 12.7 Å². The maximum absolute atomic E-state index is 12.0. The zero-order valence-corrected chi connectivity index (χ0v) is 13.2. The highest BCUT2D eigenvalue weighted by molar-refractivity contribution is 7.98. The summed E-state index contributed by atoms with van der Waals surface area (Å²) in [6.07, 6.45) is 1.71. The summed E-state index contributed by atoms with van der Waals surface area (Å²) in [5, 5.41) is 4.94. The average molecular weight is 320 g/mol. The minimum atomic E-state index is -0.0463. The lowest BCUT2D eigenvalue weighted by Crippen LogP contribution is -2.26. The Hall–Kier alpha value is -1.73. The van der Waals surface area contributed by atoms with Crippen LogP contribution in [-0.2, 0) is 5.75 Å². The highest BCUT2D eigenvalue weighted by atomic mass is 32.2. The smallest absolute Gasteiger partial charge is 0.267 e. The lowest BCUT2D eigenvalue weighted by molar-refractivity contribution is 0.0952. The number of nitrogens with zero attached hydrogens (tertiary/aromatic N) is 1. The second kappa shape index (κ2) is 6.36. The number of hydrogen-bond donors (Lipinski definition) is 3. The van der Waals surface area contributed by atoms with Gasteiger partial charge in [-0.3, -0.25) is 4.79 Å². The molecule has 0 aromatic carbocycles. The molecule has 5 nitrogen and oxygen atoms in total. The Bertz CT molecular complexity index is 714. The molecule has 0 saturated carbocycles. The topological polar surface area (TPSA) is 73.6 Å². The molecule has 0 unspecified atom stereocenters. The first-order valence-electron chi connectivity index (χ1n) is 6.65. The zero-order valence-electron chi connectivity index (χ0n) is 11.6. The number of imidazole rings is 1. The van der Waals surface area contributed by atoms with Crippen LogP contribution in [0.1, 0.15) is 21.9 Å². The Kier molecular flexibility index (Phi) is 4.31. The Morgan fingerprint density at radius 1 is 1.52 bits per heavy atom. The van der Waals surface area contributed by atoms with Crippen LogP contribution in [0.5, 0.6) is 0 Å². The van der Waals surface area contributed by atoms with Crippen LogP contribution in [0.15, 0.2) is 23.8 Å². The third kappa shape index (κ3) is 3.30. The summed E-state index contributed by atoms with van der Waals surface area (Å²) in [5.74, 6) is 1.69. The van der Waals surface area contributed by atoms with Crippen LogP contribution in [0.2, 0.25) is 0 Å². The van der Waals surface area contributed by atoms with Crippen molar-refractivity contribution < 1.29 is 4.79 Å². The molecule has 3 N–H and O–H groups in total. The molecule has 3 aromatic heterocycles. The number of amides is 1. The number of carbonyl (C=O) groups excluding carboxylic acids is 1. The van der Waals surface area contributed by atoms with Crippen molar-refractivity contribution in [3.63, 3.8) is 0 Å². The predicted molar refractivity (Wildman–Crippen MR) is 88.0 cm³/mol. The van der Waals surface area contributed by atoms with E-state index < -0.39 is 0 Å². The monoisotopic (exact) mass is 320 g/mol. The van der Waals surface area contributed by atoms with Gasteiger partial charge >= 0.3 is 0 Å². The van der Waals surface area contributed by atoms with Gasteiger partial charge in [0.25, 0.3) is 5.91 Å². The van der Waals surface area contributed by atoms with Crippen molar-refractivity contribution >= 4 is 39.2 Å². The van der Waals surface area contributed by atoms with E-state index in [-0.39, 0.29) is 5.91 Å². The number of carbonyl (C=O) groups is 1. The first kappa shape index (κ1) is 14.2. The summed E-state index contributed by atoms with van der Waals surface area (Å²) in [7, 11) is 0. The summed E-state index contributed by atoms with van der Waals surface area (Å²) < 4.78 is 1.11. The maximum Gasteiger partial charge on any atom is 0.267 e. The van der Waals surface area contributed by atoms with E-state index in [2.05, 4.69) is 20.3 Å². The van der Waals surface area contributed by atoms with E-state index in [0.29, 0.717) is 12.2 Å². The number of aryl methyl sites for hydroxylation is 1. The third-order valence-corrected chi connectivity index (χ3v) is 5.02. The van der Waals surface area contributed by atoms with Crippen molar-refractivity contribution in [3.05, 3.63) is 40.9 Å². The van der Waals surface area contributed by atoms with Gasteiger partial charge in [-0.1, -0.05) is 0 Å². The summed E-state index contributed by atoms with van der Waals surface area (Å²) in [6, 6.07) is 3.88. The van der Waals surface area contributed by atoms with E-state index in [1.807, 2.05) is 24.4 Å². The van der Waals surface area contributed by atoms with E-state index in [0.717, 1.165) is 33.1 Å². The highest BCUT2D eigenvalue weighted by Gasteiger charge is 2.09. The molecule has 0 aliphatic rings. The molecule has 0 bridgehead atoms. The Morgan fingerprint density at radius 3 is 3.19 bits per heavy atom. The number of thioether (sulfide) groups is 1. The summed E-state index contributed by atoms with van der Waals surface area (Å²) in [4.78, 5) is 22.4. The standard InChI is InChI=1S/C14H16N4OS2/c1-9-12(17-8-16-9)7-20-5-3-15-14(19)11-6-13-10(18-11)2-4-21-13/h2,4,6,8,18H,3,5,7H2,1H3,(H,15,19)(H,16,17). The van der Waals surface area contributed by atoms with Crippen LogP contribution < -0.4 is 5.32 Å². The third-order valence-electron chi connectivity index (χ3n) is 3.19. The van der Waals surface area contributed by atoms with Crippen molar-refractivity contribution in [2.75, 3.05) is 12.3 Å². The van der Waals surface area contributed by atoms with Gasteiger partial charge in [-0.2, -0.15) is 11.8 Å². The SMILES string of the molecule is Cc1[nH]cnc1CSCCNC(=O)c1cc2sccc2[nH]1. The van der Waals surface area contributed by atoms with E-state index >= 15 is 0 Å². The van der Waals surface area contributed by atoms with Crippen molar-refractivity contribution in [3.8, 4) is 0 Å². The van der Waals surface area contributed by atoms with Crippen LogP contribution in [0.4, 0.5) is 0 Å². The molecule has 7 heteroatoms. The second-order valence-corrected chi connectivity index (χ2v) is 6.72. The van der Waals surface area contributed by atoms with Crippen LogP contribution in [0.3, 0.4) is 0 Å². The van der Waals surface area contributed by atoms with Gasteiger partial charge in [0.05, 0.1) is 22.2 Å². The summed E-state index contributed by atoms with van der Waals surface area (Å²) in [6.45, 7) is 2.67. The molecule has 0 aliphatic carbocycles. The number of thiophene rings is 1. The van der Waals surface area contributed by atoms with Gasteiger partial charge in [0, 0.05) is 23.7 Å². The average Bonchev–Trinajstić information content (AvgIpc) is 3.14. The van der Waals surface area contributed by atoms with Crippen molar-refractivity contribution in [1.29, 1.82) is 0 Å². The van der Waals surface area contributed by atoms with Gasteiger partial charge < -0.3 is 15.3 Å². The largest absolute Gasteiger partial charge is 0.350 e. The number of nitrogens with one attached hydrogen (secondary N) is 3. The van der Waals surface area contributed by atoms with Crippen molar-refractivity contribution in [1.82, 2.24) is 20.3 Å². The minimum Gasteiger partial charge on any atom is -0.350 e. The quantitative estimate of drug-likeness (QED) is 0.611. The molecule has 0 saturated heterocycles. The number of aromatic nitrogens is 3. The highest BCUT2D eigenvalue weighted by Crippen LogP contribution is 2.21. The number of rotatable bonds is 6. The van der Waals surface area contributed by atoms with E-state index in [4.69, 9.17) is 0 Å². The molecule has 0 radical (unpaired) electrons. The van der Waals surface area contributed by atoms with Crippen LogP contribution in [-0.4, -0.2) is 33.2 Å². The molecular weight excluding hydrogens is 304 g/mol. The van der Waals surface area contributed by atoms with Gasteiger partial charge in [-0.25, -0.2) is 4.98 Å². The molecule has 3 heterocycles. The Labute approximate surface area is 130 Å². The fourth-order valence-corrected chi connectivity index (χ4v) is 3.66. The Balaban J connectivity index is 1.42. The number of aromatic amines is 2. The predicted octanol–water partition coefficient (Wildman–Crippen LogP) is 2.92. The first-order chi connectivity index (χ1) is 10.2. The molecule has 3 rings (SSSR count). The van der Waals surface area contributed by atoms with Crippen LogP contribution in [0.25, 0.3) is 10.2 Å². The molecule has 110 valence electrons. The van der Waals surface area contributed by atoms with Crippen molar-refractivity contribution in [2.24, 2.45) is 0 Å². The molecule has 21 heavy (non-hydrogen) atoms. The number of fused-ring (bicyclic) bond motifs is 1. The van der Waals surface area contributed by atoms with Gasteiger partial charge in [0.1, 0.15) is 5.69 Å². The fraction of sp³-hybridized carbons (Fsp3) is 0.286. The van der Waals surface area contributed by atoms with Gasteiger partial charge in [-0.15, -0.1) is 11.3 Å². The first-order valence-corrected chi connectivity index (χ1v) is 8.68. The van der Waals surface area contributed by atoms with Crippen LogP contribution in [0, 0.1) is 6.92 Å². The number of hydrogen-bond acceptors (Lipinski definition) is 4. The molecular formula is C14H16N4OS2. The molecule has 0 fully saturated rings. The lowest BCUT2D eigenvalue weighted by Gasteiger charge is -2.03. The molecule has 0 atom stereocenters. The van der Waals surface area contributed by atoms with Gasteiger partial charge in [-0.05, 0) is 24.4 Å². The second-order valence-electron chi connectivity index (χ2n) is 4.66. The fourth-order valence-electron chi connectivity index (χ4n) is 2.00. The van der Waals surface area contributed by atoms with Gasteiger partial charge in [0.15, 0.2) is 0 Å². The number of H-pyrrole nitrogens is 2. The van der Waals surface area contributed by atoms with Gasteiger partial charge in [0.2, 0.25) is 0 Å². The van der Waals surface area contributed by atoms with E-state index in [1.54, 1.807) is 29.4 Å². The Morgan fingerprint density at radius 2 is 2.43 bits per heavy atom. The van der Waals surface area contributed by atoms with E-state index in [1.165, 1.54) is 0 Å². The summed E-state index contributed by atoms with van der Waals surface area (Å²) >= 11 is 3.40. The van der Waals surface area contributed by atoms with Crippen LogP contribution >= 0.6 is 23.1 Å². The normalized spacial score (nSPS) is 11.1. The molecule has 3 aromatic rings. The zero-order chi connectivity index (χ0) is 14.7. The molecule has 0 aliphatic heterocycles. The summed E-state index contributed by atoms with van der Waals surface area (Å²) in [5.41, 5.74) is 3.84. The molecule has 1 amide bonds. The minimum absolute atomic E-state index is 0.0463.